The molecule has 2 saturated carbocycles. The van der Waals surface area contributed by atoms with Gasteiger partial charge in [-0.05, 0) is 37.0 Å². The lowest BCUT2D eigenvalue weighted by Gasteiger charge is -2.58. The maximum absolute atomic E-state index is 12.3. The summed E-state index contributed by atoms with van der Waals surface area (Å²) in [7, 11) is 8.41. The molecule has 4 unspecified atom stereocenters. The van der Waals surface area contributed by atoms with Gasteiger partial charge in [0.05, 0.1) is 7.85 Å². The van der Waals surface area contributed by atoms with Crippen molar-refractivity contribution in [1.29, 1.82) is 0 Å². The Labute approximate surface area is 113 Å². The quantitative estimate of drug-likeness (QED) is 0.709. The molecule has 2 aliphatic rings. The summed E-state index contributed by atoms with van der Waals surface area (Å²) in [6.45, 7) is 4.49. The lowest BCUT2D eigenvalue weighted by molar-refractivity contribution is -0.135. The minimum atomic E-state index is -0.183. The van der Waals surface area contributed by atoms with Gasteiger partial charge in [0, 0.05) is 13.0 Å². The Bertz CT molecular complexity index is 328. The predicted octanol–water partition coefficient (Wildman–Crippen LogP) is 3.08. The van der Waals surface area contributed by atoms with Crippen molar-refractivity contribution in [1.82, 2.24) is 5.32 Å². The zero-order chi connectivity index (χ0) is 13.4. The van der Waals surface area contributed by atoms with Crippen molar-refractivity contribution in [3.8, 4) is 0 Å². The van der Waals surface area contributed by atoms with Crippen LogP contribution in [0.1, 0.15) is 58.8 Å². The zero-order valence-corrected chi connectivity index (χ0v) is 12.1. The molecule has 18 heavy (non-hydrogen) atoms. The van der Waals surface area contributed by atoms with Crippen molar-refractivity contribution in [2.24, 2.45) is 17.3 Å². The van der Waals surface area contributed by atoms with Crippen molar-refractivity contribution in [2.75, 3.05) is 7.05 Å². The first-order chi connectivity index (χ1) is 8.43. The van der Waals surface area contributed by atoms with E-state index in [2.05, 4.69) is 19.2 Å². The largest absolute Gasteiger partial charge is 0.359 e. The molecular weight excluding hydrogens is 221 g/mol. The highest BCUT2D eigenvalue weighted by molar-refractivity contribution is 6.16. The van der Waals surface area contributed by atoms with Gasteiger partial charge >= 0.3 is 0 Å². The fourth-order valence-electron chi connectivity index (χ4n) is 4.52. The van der Waals surface area contributed by atoms with Gasteiger partial charge in [-0.2, -0.15) is 0 Å². The van der Waals surface area contributed by atoms with E-state index in [1.165, 1.54) is 12.8 Å². The normalized spacial score (nSPS) is 44.8. The van der Waals surface area contributed by atoms with Gasteiger partial charge in [0.1, 0.15) is 0 Å². The summed E-state index contributed by atoms with van der Waals surface area (Å²) in [5.74, 6) is 1.03. The molecule has 2 rings (SSSR count). The van der Waals surface area contributed by atoms with Gasteiger partial charge in [-0.25, -0.2) is 0 Å². The lowest BCUT2D eigenvalue weighted by atomic mass is 9.40. The van der Waals surface area contributed by atoms with Gasteiger partial charge in [-0.1, -0.05) is 38.4 Å². The fraction of sp³-hybridized carbons (Fsp3) is 0.933. The van der Waals surface area contributed by atoms with E-state index in [9.17, 15) is 4.79 Å². The third-order valence-electron chi connectivity index (χ3n) is 5.60. The van der Waals surface area contributed by atoms with Gasteiger partial charge < -0.3 is 5.32 Å². The van der Waals surface area contributed by atoms with Crippen molar-refractivity contribution in [3.05, 3.63) is 0 Å². The van der Waals surface area contributed by atoms with Crippen molar-refractivity contribution in [2.45, 2.75) is 64.1 Å². The van der Waals surface area contributed by atoms with Crippen LogP contribution >= 0.6 is 0 Å². The Kier molecular flexibility index (Phi) is 3.80. The maximum atomic E-state index is 12.3. The van der Waals surface area contributed by atoms with Gasteiger partial charge in [0.15, 0.2) is 0 Å². The van der Waals surface area contributed by atoms with Crippen LogP contribution in [0.5, 0.6) is 0 Å². The van der Waals surface area contributed by atoms with Gasteiger partial charge in [0.25, 0.3) is 0 Å². The van der Waals surface area contributed by atoms with Crippen molar-refractivity contribution >= 4 is 13.8 Å². The summed E-state index contributed by atoms with van der Waals surface area (Å²) in [5.41, 5.74) is 0.0308. The second-order valence-electron chi connectivity index (χ2n) is 6.83. The van der Waals surface area contributed by atoms with E-state index < -0.39 is 0 Å². The highest BCUT2D eigenvalue weighted by Crippen LogP contribution is 2.64. The molecule has 0 aliphatic heterocycles. The summed E-state index contributed by atoms with van der Waals surface area (Å²) in [6, 6.07) is 0. The van der Waals surface area contributed by atoms with Crippen LogP contribution in [-0.4, -0.2) is 20.8 Å². The van der Waals surface area contributed by atoms with Gasteiger partial charge in [-0.15, -0.1) is 0 Å². The molecule has 1 amide bonds. The molecule has 0 aromatic rings. The van der Waals surface area contributed by atoms with E-state index in [0.29, 0.717) is 5.92 Å². The van der Waals surface area contributed by atoms with Crippen molar-refractivity contribution in [3.63, 3.8) is 0 Å². The molecule has 1 spiro atoms. The standard InChI is InChI=1S/C15H26BNO/c1-11-6-7-12(13(18)17-3)15(10-11)9-5-4-8-14(15,2)16/h11-12H,4-10H2,1-3H3,(H,17,18). The smallest absolute Gasteiger partial charge is 0.223 e. The van der Waals surface area contributed by atoms with Gasteiger partial charge in [-0.3, -0.25) is 4.79 Å². The van der Waals surface area contributed by atoms with Crippen LogP contribution in [0.25, 0.3) is 0 Å². The molecule has 100 valence electrons. The number of rotatable bonds is 1. The van der Waals surface area contributed by atoms with E-state index in [1.54, 1.807) is 7.05 Å². The van der Waals surface area contributed by atoms with Crippen LogP contribution in [0.2, 0.25) is 5.31 Å². The molecule has 2 fully saturated rings. The summed E-state index contributed by atoms with van der Waals surface area (Å²) in [5, 5.41) is 2.68. The second kappa shape index (κ2) is 4.90. The fourth-order valence-corrected chi connectivity index (χ4v) is 4.52. The number of nitrogens with one attached hydrogen (secondary N) is 1. The van der Waals surface area contributed by atoms with Crippen molar-refractivity contribution < 1.29 is 4.79 Å². The highest BCUT2D eigenvalue weighted by Gasteiger charge is 2.54. The maximum Gasteiger partial charge on any atom is 0.223 e. The number of amides is 1. The Morgan fingerprint density at radius 3 is 2.56 bits per heavy atom. The third kappa shape index (κ3) is 2.10. The molecule has 0 saturated heterocycles. The topological polar surface area (TPSA) is 29.1 Å². The molecule has 0 aromatic carbocycles. The van der Waals surface area contributed by atoms with Crippen LogP contribution in [0.4, 0.5) is 0 Å². The average molecular weight is 247 g/mol. The Hall–Kier alpha value is -0.465. The second-order valence-corrected chi connectivity index (χ2v) is 6.83. The molecular formula is C15H26BNO. The van der Waals surface area contributed by atoms with Crippen LogP contribution < -0.4 is 5.32 Å². The van der Waals surface area contributed by atoms with Crippen LogP contribution in [-0.2, 0) is 4.79 Å². The molecule has 3 heteroatoms. The summed E-state index contributed by atoms with van der Waals surface area (Å²) in [6.07, 6.45) is 7.92. The van der Waals surface area contributed by atoms with Crippen LogP contribution in [0.15, 0.2) is 0 Å². The van der Waals surface area contributed by atoms with E-state index in [1.807, 2.05) is 0 Å². The highest BCUT2D eigenvalue weighted by atomic mass is 16.1. The Balaban J connectivity index is 2.35. The van der Waals surface area contributed by atoms with E-state index in [4.69, 9.17) is 7.85 Å². The van der Waals surface area contributed by atoms with Gasteiger partial charge in [0.2, 0.25) is 5.91 Å². The first kappa shape index (κ1) is 14.0. The number of carbonyl (C=O) groups excluding carboxylic acids is 1. The molecule has 4 atom stereocenters. The van der Waals surface area contributed by atoms with E-state index in [-0.39, 0.29) is 22.6 Å². The Morgan fingerprint density at radius 2 is 1.94 bits per heavy atom. The number of hydrogen-bond acceptors (Lipinski definition) is 1. The lowest BCUT2D eigenvalue weighted by Crippen LogP contribution is -2.52. The van der Waals surface area contributed by atoms with E-state index >= 15 is 0 Å². The Morgan fingerprint density at radius 1 is 1.28 bits per heavy atom. The molecule has 2 aliphatic carbocycles. The molecule has 0 heterocycles. The summed E-state index contributed by atoms with van der Waals surface area (Å²) in [4.78, 5) is 12.3. The monoisotopic (exact) mass is 247 g/mol. The zero-order valence-electron chi connectivity index (χ0n) is 12.1. The number of carbonyl (C=O) groups is 1. The van der Waals surface area contributed by atoms with Crippen LogP contribution in [0.3, 0.4) is 0 Å². The minimum Gasteiger partial charge on any atom is -0.359 e. The number of hydrogen-bond donors (Lipinski definition) is 1. The first-order valence-electron chi connectivity index (χ1n) is 7.43. The molecule has 1 N–H and O–H groups in total. The SMILES string of the molecule is [B]C1(C)CCCCC12CC(C)CCC2C(=O)NC. The predicted molar refractivity (Wildman–Crippen MR) is 75.6 cm³/mol. The molecule has 2 nitrogen and oxygen atoms in total. The summed E-state index contributed by atoms with van der Waals surface area (Å²) >= 11 is 0. The average Bonchev–Trinajstić information content (AvgIpc) is 2.32. The first-order valence-corrected chi connectivity index (χ1v) is 7.43. The van der Waals surface area contributed by atoms with Crippen LogP contribution in [0, 0.1) is 17.3 Å². The molecule has 0 aromatic heterocycles. The molecule has 2 radical (unpaired) electrons. The summed E-state index contributed by atoms with van der Waals surface area (Å²) < 4.78 is 0. The third-order valence-corrected chi connectivity index (χ3v) is 5.60. The minimum absolute atomic E-state index is 0.0308. The van der Waals surface area contributed by atoms with E-state index in [0.717, 1.165) is 32.1 Å². The molecule has 0 bridgehead atoms.